The third-order valence-electron chi connectivity index (χ3n) is 5.43. The van der Waals surface area contributed by atoms with Gasteiger partial charge in [0.1, 0.15) is 5.82 Å². The van der Waals surface area contributed by atoms with Gasteiger partial charge < -0.3 is 9.80 Å². The number of pyridine rings is 1. The molecule has 1 aliphatic rings. The van der Waals surface area contributed by atoms with Gasteiger partial charge in [-0.15, -0.1) is 0 Å². The minimum Gasteiger partial charge on any atom is -0.353 e. The molecule has 30 heavy (non-hydrogen) atoms. The van der Waals surface area contributed by atoms with Crippen molar-refractivity contribution in [2.75, 3.05) is 31.1 Å². The van der Waals surface area contributed by atoms with Crippen LogP contribution in [-0.2, 0) is 23.9 Å². The third kappa shape index (κ3) is 4.94. The summed E-state index contributed by atoms with van der Waals surface area (Å²) in [6.45, 7) is 11.1. The molecule has 2 aromatic heterocycles. The Labute approximate surface area is 174 Å². The van der Waals surface area contributed by atoms with Crippen LogP contribution in [0, 0.1) is 19.8 Å². The Morgan fingerprint density at radius 1 is 1.13 bits per heavy atom. The summed E-state index contributed by atoms with van der Waals surface area (Å²) >= 11 is 0. The summed E-state index contributed by atoms with van der Waals surface area (Å²) in [5.74, 6) is 1.01. The average molecular weight is 423 g/mol. The Bertz CT molecular complexity index is 881. The van der Waals surface area contributed by atoms with Gasteiger partial charge in [0.25, 0.3) is 0 Å². The van der Waals surface area contributed by atoms with E-state index in [-0.39, 0.29) is 5.91 Å². The predicted octanol–water partition coefficient (Wildman–Crippen LogP) is 3.46. The molecule has 1 saturated heterocycles. The molecule has 2 aromatic rings. The summed E-state index contributed by atoms with van der Waals surface area (Å²) in [4.78, 5) is 20.5. The van der Waals surface area contributed by atoms with E-state index >= 15 is 0 Å². The Kier molecular flexibility index (Phi) is 6.38. The standard InChI is InChI=1S/C21H28F3N5O/c1-14(2)13-29-16(4)18(15(3)26-29)11-20(30)28-9-7-27(8-10-28)19-6-5-17(12-25-19)21(22,23)24/h5-6,12,14H,7-11,13H2,1-4H3. The first-order chi connectivity index (χ1) is 14.1. The number of alkyl halides is 3. The van der Waals surface area contributed by atoms with Crippen LogP contribution >= 0.6 is 0 Å². The van der Waals surface area contributed by atoms with Gasteiger partial charge in [-0.3, -0.25) is 9.48 Å². The summed E-state index contributed by atoms with van der Waals surface area (Å²) in [7, 11) is 0. The van der Waals surface area contributed by atoms with E-state index in [1.54, 1.807) is 4.90 Å². The number of hydrogen-bond acceptors (Lipinski definition) is 4. The number of aromatic nitrogens is 3. The zero-order valence-corrected chi connectivity index (χ0v) is 17.8. The Hall–Kier alpha value is -2.58. The molecule has 0 atom stereocenters. The van der Waals surface area contributed by atoms with Crippen LogP contribution in [0.4, 0.5) is 19.0 Å². The maximum Gasteiger partial charge on any atom is 0.417 e. The van der Waals surface area contributed by atoms with E-state index < -0.39 is 11.7 Å². The number of carbonyl (C=O) groups is 1. The van der Waals surface area contributed by atoms with Crippen molar-refractivity contribution in [2.24, 2.45) is 5.92 Å². The van der Waals surface area contributed by atoms with Gasteiger partial charge in [-0.2, -0.15) is 18.3 Å². The van der Waals surface area contributed by atoms with Crippen molar-refractivity contribution in [2.45, 2.75) is 46.8 Å². The van der Waals surface area contributed by atoms with Crippen molar-refractivity contribution in [1.29, 1.82) is 0 Å². The molecular weight excluding hydrogens is 395 g/mol. The normalized spacial score (nSPS) is 15.2. The first-order valence-electron chi connectivity index (χ1n) is 10.1. The Morgan fingerprint density at radius 2 is 1.80 bits per heavy atom. The van der Waals surface area contributed by atoms with Crippen molar-refractivity contribution in [3.05, 3.63) is 40.8 Å². The first-order valence-corrected chi connectivity index (χ1v) is 10.1. The number of aryl methyl sites for hydroxylation is 1. The lowest BCUT2D eigenvalue weighted by Crippen LogP contribution is -2.49. The van der Waals surface area contributed by atoms with Gasteiger partial charge >= 0.3 is 6.18 Å². The summed E-state index contributed by atoms with van der Waals surface area (Å²) in [5, 5.41) is 4.57. The summed E-state index contributed by atoms with van der Waals surface area (Å²) in [6, 6.07) is 2.43. The van der Waals surface area contributed by atoms with Gasteiger partial charge in [0.15, 0.2) is 0 Å². The minimum absolute atomic E-state index is 0.0466. The molecule has 1 amide bonds. The van der Waals surface area contributed by atoms with E-state index in [9.17, 15) is 18.0 Å². The number of piperazine rings is 1. The van der Waals surface area contributed by atoms with Gasteiger partial charge in [-0.05, 0) is 31.9 Å². The van der Waals surface area contributed by atoms with Crippen LogP contribution < -0.4 is 4.90 Å². The number of rotatable bonds is 5. The highest BCUT2D eigenvalue weighted by molar-refractivity contribution is 5.79. The smallest absolute Gasteiger partial charge is 0.353 e. The lowest BCUT2D eigenvalue weighted by molar-refractivity contribution is -0.137. The molecule has 3 rings (SSSR count). The molecule has 0 aromatic carbocycles. The van der Waals surface area contributed by atoms with Crippen molar-refractivity contribution in [3.63, 3.8) is 0 Å². The summed E-state index contributed by atoms with van der Waals surface area (Å²) < 4.78 is 40.1. The van der Waals surface area contributed by atoms with Crippen LogP contribution in [0.5, 0.6) is 0 Å². The number of anilines is 1. The highest BCUT2D eigenvalue weighted by Gasteiger charge is 2.31. The van der Waals surface area contributed by atoms with E-state index in [1.165, 1.54) is 6.07 Å². The monoisotopic (exact) mass is 423 g/mol. The van der Waals surface area contributed by atoms with Crippen LogP contribution in [0.15, 0.2) is 18.3 Å². The minimum atomic E-state index is -4.39. The fraction of sp³-hybridized carbons (Fsp3) is 0.571. The van der Waals surface area contributed by atoms with E-state index in [2.05, 4.69) is 23.9 Å². The van der Waals surface area contributed by atoms with Gasteiger partial charge in [-0.1, -0.05) is 13.8 Å². The zero-order valence-electron chi connectivity index (χ0n) is 17.8. The van der Waals surface area contributed by atoms with Crippen LogP contribution in [0.25, 0.3) is 0 Å². The number of halogens is 3. The second-order valence-corrected chi connectivity index (χ2v) is 8.17. The number of carbonyl (C=O) groups excluding carboxylic acids is 1. The molecule has 0 spiro atoms. The summed E-state index contributed by atoms with van der Waals surface area (Å²) in [6.07, 6.45) is -3.22. The second kappa shape index (κ2) is 8.65. The van der Waals surface area contributed by atoms with Crippen LogP contribution in [-0.4, -0.2) is 51.8 Å². The molecule has 0 bridgehead atoms. The number of nitrogens with zero attached hydrogens (tertiary/aromatic N) is 5. The van der Waals surface area contributed by atoms with Gasteiger partial charge in [-0.25, -0.2) is 4.98 Å². The molecule has 164 valence electrons. The predicted molar refractivity (Wildman–Crippen MR) is 108 cm³/mol. The topological polar surface area (TPSA) is 54.3 Å². The summed E-state index contributed by atoms with van der Waals surface area (Å²) in [5.41, 5.74) is 2.13. The van der Waals surface area contributed by atoms with Crippen LogP contribution in [0.2, 0.25) is 0 Å². The maximum atomic E-state index is 12.8. The van der Waals surface area contributed by atoms with Crippen molar-refractivity contribution in [1.82, 2.24) is 19.7 Å². The molecule has 0 radical (unpaired) electrons. The maximum absolute atomic E-state index is 12.8. The van der Waals surface area contributed by atoms with Gasteiger partial charge in [0, 0.05) is 50.2 Å². The van der Waals surface area contributed by atoms with Crippen LogP contribution in [0.3, 0.4) is 0 Å². The molecule has 1 aliphatic heterocycles. The Balaban J connectivity index is 1.59. The molecule has 0 unspecified atom stereocenters. The van der Waals surface area contributed by atoms with E-state index in [4.69, 9.17) is 0 Å². The average Bonchev–Trinajstić information content (AvgIpc) is 2.94. The van der Waals surface area contributed by atoms with Crippen molar-refractivity contribution >= 4 is 11.7 Å². The van der Waals surface area contributed by atoms with E-state index in [1.807, 2.05) is 23.4 Å². The molecule has 0 aliphatic carbocycles. The number of amides is 1. The van der Waals surface area contributed by atoms with Crippen molar-refractivity contribution in [3.8, 4) is 0 Å². The third-order valence-corrected chi connectivity index (χ3v) is 5.43. The highest BCUT2D eigenvalue weighted by atomic mass is 19.4. The molecule has 0 saturated carbocycles. The lowest BCUT2D eigenvalue weighted by Gasteiger charge is -2.35. The number of hydrogen-bond donors (Lipinski definition) is 0. The molecule has 6 nitrogen and oxygen atoms in total. The zero-order chi connectivity index (χ0) is 22.1. The molecule has 9 heteroatoms. The van der Waals surface area contributed by atoms with E-state index in [0.717, 1.165) is 35.8 Å². The van der Waals surface area contributed by atoms with Crippen molar-refractivity contribution < 1.29 is 18.0 Å². The van der Waals surface area contributed by atoms with Gasteiger partial charge in [0.2, 0.25) is 5.91 Å². The quantitative estimate of drug-likeness (QED) is 0.739. The lowest BCUT2D eigenvalue weighted by atomic mass is 10.1. The van der Waals surface area contributed by atoms with Crippen LogP contribution in [0.1, 0.15) is 36.4 Å². The molecule has 0 N–H and O–H groups in total. The largest absolute Gasteiger partial charge is 0.417 e. The fourth-order valence-electron chi connectivity index (χ4n) is 3.70. The SMILES string of the molecule is Cc1nn(CC(C)C)c(C)c1CC(=O)N1CCN(c2ccc(C(F)(F)F)cn2)CC1. The second-order valence-electron chi connectivity index (χ2n) is 8.17. The molecule has 1 fully saturated rings. The van der Waals surface area contributed by atoms with E-state index in [0.29, 0.717) is 44.3 Å². The van der Waals surface area contributed by atoms with Gasteiger partial charge in [0.05, 0.1) is 17.7 Å². The highest BCUT2D eigenvalue weighted by Crippen LogP contribution is 2.29. The first kappa shape index (κ1) is 22.1. The fourth-order valence-corrected chi connectivity index (χ4v) is 3.70. The molecule has 3 heterocycles. The molecular formula is C21H28F3N5O. The Morgan fingerprint density at radius 3 is 2.33 bits per heavy atom.